The van der Waals surface area contributed by atoms with E-state index in [1.54, 1.807) is 11.8 Å². The second-order valence-electron chi connectivity index (χ2n) is 3.65. The van der Waals surface area contributed by atoms with Gasteiger partial charge in [-0.15, -0.1) is 0 Å². The molecule has 0 saturated heterocycles. The predicted molar refractivity (Wildman–Crippen MR) is 63.0 cm³/mol. The zero-order valence-electron chi connectivity index (χ0n) is 9.80. The van der Waals surface area contributed by atoms with E-state index >= 15 is 0 Å². The van der Waals surface area contributed by atoms with E-state index in [9.17, 15) is 9.59 Å². The lowest BCUT2D eigenvalue weighted by Gasteiger charge is -2.21. The molecule has 0 saturated carbocycles. The third-order valence-corrected chi connectivity index (χ3v) is 2.33. The van der Waals surface area contributed by atoms with Gasteiger partial charge in [-0.2, -0.15) is 0 Å². The Bertz CT molecular complexity index is 446. The van der Waals surface area contributed by atoms with Crippen LogP contribution in [-0.2, 0) is 4.79 Å². The average molecular weight is 237 g/mol. The van der Waals surface area contributed by atoms with Crippen molar-refractivity contribution in [2.24, 2.45) is 5.73 Å². The van der Waals surface area contributed by atoms with Crippen molar-refractivity contribution in [2.75, 3.05) is 18.0 Å². The molecule has 1 aromatic rings. The lowest BCUT2D eigenvalue weighted by Crippen LogP contribution is -2.34. The molecule has 0 spiro atoms. The molecule has 1 heterocycles. The van der Waals surface area contributed by atoms with Crippen LogP contribution in [0.25, 0.3) is 0 Å². The number of amides is 1. The second-order valence-corrected chi connectivity index (χ2v) is 3.65. The standard InChI is InChI=1S/C11H15N3O3/c1-3-14(6-9(12)15)10-7(2)4-8(5-13-10)11(16)17/h4-5H,3,6H2,1-2H3,(H2,12,15)(H,16,17). The Morgan fingerprint density at radius 3 is 2.59 bits per heavy atom. The van der Waals surface area contributed by atoms with E-state index in [2.05, 4.69) is 4.98 Å². The van der Waals surface area contributed by atoms with Crippen LogP contribution in [0.4, 0.5) is 5.82 Å². The summed E-state index contributed by atoms with van der Waals surface area (Å²) in [6.45, 7) is 4.26. The van der Waals surface area contributed by atoms with Gasteiger partial charge in [-0.1, -0.05) is 0 Å². The summed E-state index contributed by atoms with van der Waals surface area (Å²) < 4.78 is 0. The van der Waals surface area contributed by atoms with Crippen molar-refractivity contribution in [3.63, 3.8) is 0 Å². The van der Waals surface area contributed by atoms with Crippen molar-refractivity contribution in [2.45, 2.75) is 13.8 Å². The number of hydrogen-bond donors (Lipinski definition) is 2. The summed E-state index contributed by atoms with van der Waals surface area (Å²) >= 11 is 0. The molecule has 0 bridgehead atoms. The molecule has 6 heteroatoms. The molecule has 1 rings (SSSR count). The highest BCUT2D eigenvalue weighted by molar-refractivity contribution is 5.88. The van der Waals surface area contributed by atoms with Crippen LogP contribution < -0.4 is 10.6 Å². The summed E-state index contributed by atoms with van der Waals surface area (Å²) in [5, 5.41) is 8.81. The number of carboxylic acids is 1. The van der Waals surface area contributed by atoms with Crippen LogP contribution in [0, 0.1) is 6.92 Å². The largest absolute Gasteiger partial charge is 0.478 e. The summed E-state index contributed by atoms with van der Waals surface area (Å²) in [5.41, 5.74) is 5.96. The summed E-state index contributed by atoms with van der Waals surface area (Å²) in [6, 6.07) is 1.52. The normalized spacial score (nSPS) is 10.0. The van der Waals surface area contributed by atoms with Crippen LogP contribution >= 0.6 is 0 Å². The minimum absolute atomic E-state index is 0.0662. The Hall–Kier alpha value is -2.11. The first-order valence-corrected chi connectivity index (χ1v) is 5.19. The number of likely N-dealkylation sites (N-methyl/N-ethyl adjacent to an activating group) is 1. The van der Waals surface area contributed by atoms with E-state index < -0.39 is 11.9 Å². The number of aromatic nitrogens is 1. The quantitative estimate of drug-likeness (QED) is 0.772. The maximum Gasteiger partial charge on any atom is 0.337 e. The van der Waals surface area contributed by atoms with Crippen LogP contribution in [0.3, 0.4) is 0 Å². The lowest BCUT2D eigenvalue weighted by molar-refractivity contribution is -0.116. The number of aromatic carboxylic acids is 1. The topological polar surface area (TPSA) is 96.5 Å². The number of nitrogens with zero attached hydrogens (tertiary/aromatic N) is 2. The molecule has 0 unspecified atom stereocenters. The van der Waals surface area contributed by atoms with Crippen molar-refractivity contribution in [1.29, 1.82) is 0 Å². The third-order valence-electron chi connectivity index (χ3n) is 2.33. The van der Waals surface area contributed by atoms with Crippen molar-refractivity contribution in [1.82, 2.24) is 4.98 Å². The lowest BCUT2D eigenvalue weighted by atomic mass is 10.2. The van der Waals surface area contributed by atoms with Crippen LogP contribution in [-0.4, -0.2) is 35.1 Å². The van der Waals surface area contributed by atoms with Crippen LogP contribution in [0.2, 0.25) is 0 Å². The number of primary amides is 1. The molecular formula is C11H15N3O3. The molecule has 1 aromatic heterocycles. The molecule has 1 amide bonds. The van der Waals surface area contributed by atoms with E-state index in [0.29, 0.717) is 17.9 Å². The minimum Gasteiger partial charge on any atom is -0.478 e. The predicted octanol–water partition coefficient (Wildman–Crippen LogP) is 0.400. The zero-order valence-corrected chi connectivity index (χ0v) is 9.80. The average Bonchev–Trinajstić information content (AvgIpc) is 2.25. The Morgan fingerprint density at radius 1 is 1.53 bits per heavy atom. The van der Waals surface area contributed by atoms with E-state index in [-0.39, 0.29) is 12.1 Å². The maximum absolute atomic E-state index is 10.9. The fourth-order valence-electron chi connectivity index (χ4n) is 1.54. The minimum atomic E-state index is -1.02. The van der Waals surface area contributed by atoms with Gasteiger partial charge < -0.3 is 15.7 Å². The van der Waals surface area contributed by atoms with Crippen molar-refractivity contribution in [3.05, 3.63) is 23.4 Å². The molecule has 6 nitrogen and oxygen atoms in total. The number of nitrogens with two attached hydrogens (primary N) is 1. The Labute approximate surface area is 99.1 Å². The number of carboxylic acid groups (broad SMARTS) is 1. The van der Waals surface area contributed by atoms with Gasteiger partial charge in [0, 0.05) is 12.7 Å². The molecule has 0 aliphatic rings. The van der Waals surface area contributed by atoms with Gasteiger partial charge in [0.1, 0.15) is 5.82 Å². The van der Waals surface area contributed by atoms with Crippen molar-refractivity contribution in [3.8, 4) is 0 Å². The monoisotopic (exact) mass is 237 g/mol. The van der Waals surface area contributed by atoms with Gasteiger partial charge in [-0.25, -0.2) is 9.78 Å². The Balaban J connectivity index is 3.04. The molecule has 0 fully saturated rings. The van der Waals surface area contributed by atoms with Crippen LogP contribution in [0.1, 0.15) is 22.8 Å². The smallest absolute Gasteiger partial charge is 0.337 e. The first-order valence-electron chi connectivity index (χ1n) is 5.19. The van der Waals surface area contributed by atoms with Crippen LogP contribution in [0.15, 0.2) is 12.3 Å². The number of anilines is 1. The molecule has 3 N–H and O–H groups in total. The number of rotatable bonds is 5. The van der Waals surface area contributed by atoms with Gasteiger partial charge in [0.25, 0.3) is 0 Å². The van der Waals surface area contributed by atoms with Gasteiger partial charge in [0.15, 0.2) is 0 Å². The van der Waals surface area contributed by atoms with Gasteiger partial charge in [0.2, 0.25) is 5.91 Å². The van der Waals surface area contributed by atoms with E-state index in [4.69, 9.17) is 10.8 Å². The first-order chi connectivity index (χ1) is 7.95. The number of carbonyl (C=O) groups is 2. The summed E-state index contributed by atoms with van der Waals surface area (Å²) in [4.78, 5) is 27.4. The van der Waals surface area contributed by atoms with E-state index in [0.717, 1.165) is 0 Å². The highest BCUT2D eigenvalue weighted by atomic mass is 16.4. The molecule has 0 aliphatic carbocycles. The maximum atomic E-state index is 10.9. The van der Waals surface area contributed by atoms with E-state index in [1.807, 2.05) is 6.92 Å². The number of pyridine rings is 1. The van der Waals surface area contributed by atoms with Gasteiger partial charge in [0.05, 0.1) is 12.1 Å². The fourth-order valence-corrected chi connectivity index (χ4v) is 1.54. The number of aryl methyl sites for hydroxylation is 1. The number of hydrogen-bond acceptors (Lipinski definition) is 4. The molecule has 17 heavy (non-hydrogen) atoms. The molecule has 0 aliphatic heterocycles. The zero-order chi connectivity index (χ0) is 13.0. The molecule has 0 radical (unpaired) electrons. The molecule has 0 aromatic carbocycles. The molecule has 92 valence electrons. The Morgan fingerprint density at radius 2 is 2.18 bits per heavy atom. The molecular weight excluding hydrogens is 222 g/mol. The number of carbonyl (C=O) groups excluding carboxylic acids is 1. The third kappa shape index (κ3) is 3.17. The molecule has 0 atom stereocenters. The van der Waals surface area contributed by atoms with Crippen LogP contribution in [0.5, 0.6) is 0 Å². The van der Waals surface area contributed by atoms with Gasteiger partial charge in [-0.3, -0.25) is 4.79 Å². The van der Waals surface area contributed by atoms with Gasteiger partial charge in [-0.05, 0) is 25.5 Å². The van der Waals surface area contributed by atoms with Gasteiger partial charge >= 0.3 is 5.97 Å². The summed E-state index contributed by atoms with van der Waals surface area (Å²) in [7, 11) is 0. The Kier molecular flexibility index (Phi) is 4.03. The highest BCUT2D eigenvalue weighted by Gasteiger charge is 2.13. The van der Waals surface area contributed by atoms with E-state index in [1.165, 1.54) is 12.3 Å². The second kappa shape index (κ2) is 5.29. The first kappa shape index (κ1) is 13.0. The SMILES string of the molecule is CCN(CC(N)=O)c1ncc(C(=O)O)cc1C. The summed E-state index contributed by atoms with van der Waals surface area (Å²) in [5.74, 6) is -0.892. The fraction of sp³-hybridized carbons (Fsp3) is 0.364. The highest BCUT2D eigenvalue weighted by Crippen LogP contribution is 2.17. The summed E-state index contributed by atoms with van der Waals surface area (Å²) in [6.07, 6.45) is 1.27. The van der Waals surface area contributed by atoms with Crippen molar-refractivity contribution < 1.29 is 14.7 Å². The van der Waals surface area contributed by atoms with Crippen molar-refractivity contribution >= 4 is 17.7 Å².